The Bertz CT molecular complexity index is 1120. The van der Waals surface area contributed by atoms with Crippen molar-refractivity contribution in [3.8, 4) is 0 Å². The van der Waals surface area contributed by atoms with Crippen LogP contribution in [-0.4, -0.2) is 67.7 Å². The highest BCUT2D eigenvalue weighted by Crippen LogP contribution is 2.29. The van der Waals surface area contributed by atoms with Crippen LogP contribution in [0.5, 0.6) is 0 Å². The zero-order valence-corrected chi connectivity index (χ0v) is 19.4. The van der Waals surface area contributed by atoms with Crippen molar-refractivity contribution in [2.75, 3.05) is 27.2 Å². The quantitative estimate of drug-likeness (QED) is 0.546. The van der Waals surface area contributed by atoms with Gasteiger partial charge in [-0.1, -0.05) is 24.8 Å². The fourth-order valence-electron chi connectivity index (χ4n) is 3.50. The maximum atomic E-state index is 12.3. The molecule has 1 aromatic rings. The molecular formula is C19H28N4O6S2. The van der Waals surface area contributed by atoms with E-state index in [2.05, 4.69) is 6.58 Å². The van der Waals surface area contributed by atoms with Crippen LogP contribution >= 0.6 is 0 Å². The summed E-state index contributed by atoms with van der Waals surface area (Å²) in [5.74, 6) is -1.31. The molecule has 10 nitrogen and oxygen atoms in total. The van der Waals surface area contributed by atoms with Gasteiger partial charge in [-0.05, 0) is 42.9 Å². The third kappa shape index (κ3) is 5.52. The summed E-state index contributed by atoms with van der Waals surface area (Å²) < 4.78 is 50.9. The normalized spacial score (nSPS) is 17.5. The van der Waals surface area contributed by atoms with Crippen LogP contribution in [0.2, 0.25) is 0 Å². The first-order valence-electron chi connectivity index (χ1n) is 9.49. The molecule has 172 valence electrons. The van der Waals surface area contributed by atoms with Crippen LogP contribution in [0.25, 0.3) is 5.57 Å². The number of carboxylic acids is 1. The van der Waals surface area contributed by atoms with Gasteiger partial charge in [0.05, 0.1) is 0 Å². The van der Waals surface area contributed by atoms with Crippen molar-refractivity contribution in [1.82, 2.24) is 12.6 Å². The lowest BCUT2D eigenvalue weighted by Crippen LogP contribution is -2.44. The van der Waals surface area contributed by atoms with Crippen molar-refractivity contribution in [3.05, 3.63) is 53.9 Å². The Kier molecular flexibility index (Phi) is 7.66. The Hall–Kier alpha value is -2.25. The van der Waals surface area contributed by atoms with Gasteiger partial charge in [-0.2, -0.15) is 25.4 Å². The predicted octanol–water partition coefficient (Wildman–Crippen LogP) is 1.27. The number of rotatable bonds is 8. The van der Waals surface area contributed by atoms with Gasteiger partial charge in [0, 0.05) is 38.9 Å². The topological polar surface area (TPSA) is 143 Å². The fraction of sp³-hybridized carbons (Fsp3) is 0.421. The van der Waals surface area contributed by atoms with E-state index in [9.17, 15) is 26.7 Å². The number of nitrogens with zero attached hydrogens (tertiary/aromatic N) is 3. The van der Waals surface area contributed by atoms with Gasteiger partial charge in [0.15, 0.2) is 5.69 Å². The van der Waals surface area contributed by atoms with Crippen molar-refractivity contribution in [3.63, 3.8) is 0 Å². The van der Waals surface area contributed by atoms with Crippen LogP contribution in [0.3, 0.4) is 0 Å². The first-order chi connectivity index (χ1) is 14.3. The molecule has 0 aliphatic carbocycles. The third-order valence-electron chi connectivity index (χ3n) is 5.20. The molecule has 0 spiro atoms. The van der Waals surface area contributed by atoms with Crippen LogP contribution in [0.15, 0.2) is 42.6 Å². The number of carboxylic acid groups (broad SMARTS) is 1. The highest BCUT2D eigenvalue weighted by atomic mass is 32.2. The molecule has 0 saturated carbocycles. The minimum atomic E-state index is -4.27. The van der Waals surface area contributed by atoms with Gasteiger partial charge in [0.2, 0.25) is 0 Å². The van der Waals surface area contributed by atoms with E-state index in [1.165, 1.54) is 28.8 Å². The summed E-state index contributed by atoms with van der Waals surface area (Å²) in [6, 6.07) is 1.33. The number of allylic oxidation sites excluding steroid dienone is 5. The molecule has 1 saturated heterocycles. The lowest BCUT2D eigenvalue weighted by molar-refractivity contribution is 0.0689. The molecule has 0 atom stereocenters. The molecule has 12 heteroatoms. The standard InChI is InChI=1S/C19H28N4O6S2/c1-5-15(16-8-11-22(12-9-16)31(28,29)21(3)4)7-6-14(2)17-10-13-23(30(20,26)27)18(17)19(24)25/h5-7,10,13,16H,2,8-9,11-12H2,1,3-4H3,(H,24,25)(H2,20,26,27)/b7-6-,15-5+. The largest absolute Gasteiger partial charge is 0.477 e. The first kappa shape index (κ1) is 25.0. The zero-order chi connectivity index (χ0) is 23.6. The maximum Gasteiger partial charge on any atom is 0.354 e. The second-order valence-corrected chi connectivity index (χ2v) is 10.9. The lowest BCUT2D eigenvalue weighted by Gasteiger charge is -2.33. The first-order valence-corrected chi connectivity index (χ1v) is 12.4. The van der Waals surface area contributed by atoms with E-state index in [1.54, 1.807) is 12.2 Å². The van der Waals surface area contributed by atoms with Crippen molar-refractivity contribution in [2.45, 2.75) is 19.8 Å². The lowest BCUT2D eigenvalue weighted by atomic mass is 9.89. The molecular weight excluding hydrogens is 444 g/mol. The minimum Gasteiger partial charge on any atom is -0.477 e. The Morgan fingerprint density at radius 3 is 2.26 bits per heavy atom. The molecule has 1 aromatic heterocycles. The van der Waals surface area contributed by atoms with Gasteiger partial charge < -0.3 is 5.11 Å². The van der Waals surface area contributed by atoms with E-state index in [4.69, 9.17) is 5.14 Å². The molecule has 1 aliphatic heterocycles. The molecule has 3 N–H and O–H groups in total. The second-order valence-electron chi connectivity index (χ2n) is 7.33. The van der Waals surface area contributed by atoms with Crippen LogP contribution in [-0.2, 0) is 20.4 Å². The van der Waals surface area contributed by atoms with Crippen molar-refractivity contribution in [2.24, 2.45) is 11.1 Å². The average molecular weight is 473 g/mol. The Balaban J connectivity index is 2.18. The molecule has 0 bridgehead atoms. The van der Waals surface area contributed by atoms with Gasteiger partial charge >= 0.3 is 16.2 Å². The van der Waals surface area contributed by atoms with Gasteiger partial charge in [-0.25, -0.2) is 13.9 Å². The summed E-state index contributed by atoms with van der Waals surface area (Å²) in [5, 5.41) is 14.5. The summed E-state index contributed by atoms with van der Waals surface area (Å²) in [7, 11) is -4.70. The van der Waals surface area contributed by atoms with Gasteiger partial charge in [0.1, 0.15) is 0 Å². The number of carbonyl (C=O) groups is 1. The Labute approximate surface area is 183 Å². The highest BCUT2D eigenvalue weighted by Gasteiger charge is 2.30. The number of hydrogen-bond acceptors (Lipinski definition) is 5. The number of aromatic carboxylic acids is 1. The fourth-order valence-corrected chi connectivity index (χ4v) is 5.30. The van der Waals surface area contributed by atoms with Crippen LogP contribution in [0.1, 0.15) is 35.8 Å². The Morgan fingerprint density at radius 2 is 1.81 bits per heavy atom. The summed E-state index contributed by atoms with van der Waals surface area (Å²) in [4.78, 5) is 11.6. The highest BCUT2D eigenvalue weighted by molar-refractivity contribution is 7.87. The Morgan fingerprint density at radius 1 is 1.23 bits per heavy atom. The van der Waals surface area contributed by atoms with Crippen LogP contribution < -0.4 is 5.14 Å². The van der Waals surface area contributed by atoms with Crippen LogP contribution in [0, 0.1) is 5.92 Å². The van der Waals surface area contributed by atoms with Gasteiger partial charge in [-0.3, -0.25) is 0 Å². The molecule has 2 heterocycles. The molecule has 0 radical (unpaired) electrons. The molecule has 31 heavy (non-hydrogen) atoms. The number of nitrogens with two attached hydrogens (primary N) is 1. The van der Waals surface area contributed by atoms with E-state index in [0.29, 0.717) is 35.5 Å². The van der Waals surface area contributed by atoms with Crippen LogP contribution in [0.4, 0.5) is 0 Å². The van der Waals surface area contributed by atoms with Crippen molar-refractivity contribution >= 4 is 32.0 Å². The smallest absolute Gasteiger partial charge is 0.354 e. The zero-order valence-electron chi connectivity index (χ0n) is 17.7. The second kappa shape index (κ2) is 9.49. The molecule has 1 aliphatic rings. The maximum absolute atomic E-state index is 12.3. The summed E-state index contributed by atoms with van der Waals surface area (Å²) in [6.45, 7) is 6.53. The average Bonchev–Trinajstić information content (AvgIpc) is 3.14. The molecule has 0 amide bonds. The van der Waals surface area contributed by atoms with E-state index in [1.807, 2.05) is 13.0 Å². The van der Waals surface area contributed by atoms with E-state index < -0.39 is 32.1 Å². The number of hydrogen-bond donors (Lipinski definition) is 2. The van der Waals surface area contributed by atoms with Gasteiger partial charge in [-0.15, -0.1) is 0 Å². The SMILES string of the molecule is C=C(/C=C\C(=C/C)C1CCN(S(=O)(=O)N(C)C)CC1)c1ccn(S(N)(=O)=O)c1C(=O)O. The molecule has 2 rings (SSSR count). The molecule has 0 aromatic carbocycles. The van der Waals surface area contributed by atoms with E-state index >= 15 is 0 Å². The number of piperidine rings is 1. The molecule has 0 unspecified atom stereocenters. The van der Waals surface area contributed by atoms with Crippen molar-refractivity contribution in [1.29, 1.82) is 0 Å². The van der Waals surface area contributed by atoms with E-state index in [0.717, 1.165) is 11.8 Å². The van der Waals surface area contributed by atoms with E-state index in [-0.39, 0.29) is 11.5 Å². The predicted molar refractivity (Wildman–Crippen MR) is 119 cm³/mol. The van der Waals surface area contributed by atoms with Crippen molar-refractivity contribution < 1.29 is 26.7 Å². The summed E-state index contributed by atoms with van der Waals surface area (Å²) >= 11 is 0. The number of aromatic nitrogens is 1. The third-order valence-corrected chi connectivity index (χ3v) is 7.99. The monoisotopic (exact) mass is 472 g/mol. The van der Waals surface area contributed by atoms with Gasteiger partial charge in [0.25, 0.3) is 10.2 Å². The summed E-state index contributed by atoms with van der Waals surface area (Å²) in [6.07, 6.45) is 7.69. The minimum absolute atomic E-state index is 0.135. The molecule has 1 fully saturated rings. The summed E-state index contributed by atoms with van der Waals surface area (Å²) in [5.41, 5.74) is 0.930.